The second-order valence-electron chi connectivity index (χ2n) is 5.68. The molecule has 2 rings (SSSR count). The molecule has 4 nitrogen and oxygen atoms in total. The van der Waals surface area contributed by atoms with Gasteiger partial charge < -0.3 is 4.57 Å². The van der Waals surface area contributed by atoms with Gasteiger partial charge >= 0.3 is 0 Å². The Morgan fingerprint density at radius 1 is 1.19 bits per heavy atom. The lowest BCUT2D eigenvalue weighted by molar-refractivity contribution is -0.677. The number of unbranched alkanes of at least 4 members (excludes halogenated alkanes) is 1. The summed E-state index contributed by atoms with van der Waals surface area (Å²) in [6.45, 7) is 11.9. The standard InChI is InChI=1S/C10H18N2.C7H13N2/c1-4-6-7-12-9(3)8-11-10(12)5-2;1-6-7(2)9(4)5-8(6)3/h8H,4-7H2,1-3H3;5H,1-4H3/q;+1. The first kappa shape index (κ1) is 17.5. The van der Waals surface area contributed by atoms with E-state index in [-0.39, 0.29) is 0 Å². The molecule has 0 atom stereocenters. The van der Waals surface area contributed by atoms with Crippen molar-refractivity contribution in [1.82, 2.24) is 14.1 Å². The topological polar surface area (TPSA) is 26.6 Å². The number of nitrogens with zero attached hydrogens (tertiary/aromatic N) is 4. The highest BCUT2D eigenvalue weighted by Gasteiger charge is 2.07. The normalized spacial score (nSPS) is 10.4. The lowest BCUT2D eigenvalue weighted by Gasteiger charge is -2.07. The molecule has 0 aliphatic rings. The molecule has 118 valence electrons. The average Bonchev–Trinajstić information content (AvgIpc) is 2.93. The van der Waals surface area contributed by atoms with Crippen LogP contribution in [0.25, 0.3) is 0 Å². The number of hydrogen-bond acceptors (Lipinski definition) is 1. The van der Waals surface area contributed by atoms with Crippen molar-refractivity contribution in [2.24, 2.45) is 14.1 Å². The molecular weight excluding hydrogens is 260 g/mol. The van der Waals surface area contributed by atoms with E-state index in [0.29, 0.717) is 0 Å². The van der Waals surface area contributed by atoms with E-state index in [4.69, 9.17) is 0 Å². The van der Waals surface area contributed by atoms with E-state index >= 15 is 0 Å². The molecule has 0 unspecified atom stereocenters. The number of imidazole rings is 2. The smallest absolute Gasteiger partial charge is 0.243 e. The van der Waals surface area contributed by atoms with Gasteiger partial charge in [-0.1, -0.05) is 20.3 Å². The van der Waals surface area contributed by atoms with Crippen LogP contribution in [0.4, 0.5) is 0 Å². The van der Waals surface area contributed by atoms with Crippen LogP contribution in [0.2, 0.25) is 0 Å². The van der Waals surface area contributed by atoms with Gasteiger partial charge in [-0.2, -0.15) is 0 Å². The fourth-order valence-corrected chi connectivity index (χ4v) is 2.36. The van der Waals surface area contributed by atoms with E-state index in [2.05, 4.69) is 73.7 Å². The van der Waals surface area contributed by atoms with Gasteiger partial charge in [-0.25, -0.2) is 14.1 Å². The average molecular weight is 291 g/mol. The first-order chi connectivity index (χ1) is 9.92. The maximum Gasteiger partial charge on any atom is 0.243 e. The predicted octanol–water partition coefficient (Wildman–Crippen LogP) is 3.02. The lowest BCUT2D eigenvalue weighted by atomic mass is 10.3. The van der Waals surface area contributed by atoms with Gasteiger partial charge in [0.05, 0.1) is 14.1 Å². The molecule has 2 heterocycles. The predicted molar refractivity (Wildman–Crippen MR) is 87.3 cm³/mol. The van der Waals surface area contributed by atoms with Crippen molar-refractivity contribution in [1.29, 1.82) is 0 Å². The zero-order valence-electron chi connectivity index (χ0n) is 14.8. The Hall–Kier alpha value is -1.58. The van der Waals surface area contributed by atoms with E-state index in [1.54, 1.807) is 0 Å². The maximum atomic E-state index is 4.35. The Labute approximate surface area is 129 Å². The Morgan fingerprint density at radius 2 is 1.86 bits per heavy atom. The van der Waals surface area contributed by atoms with Gasteiger partial charge in [0.1, 0.15) is 17.2 Å². The van der Waals surface area contributed by atoms with Gasteiger partial charge in [0.15, 0.2) is 0 Å². The van der Waals surface area contributed by atoms with Crippen molar-refractivity contribution >= 4 is 0 Å². The minimum absolute atomic E-state index is 1.04. The quantitative estimate of drug-likeness (QED) is 0.795. The third kappa shape index (κ3) is 4.45. The third-order valence-electron chi connectivity index (χ3n) is 4.12. The Bertz CT molecular complexity index is 541. The SMILES string of the molecule is CCCCn1c(C)cnc1CC.Cc1c(C)[n+](C)cn1C. The van der Waals surface area contributed by atoms with Crippen LogP contribution in [0.3, 0.4) is 0 Å². The van der Waals surface area contributed by atoms with Gasteiger partial charge in [0.2, 0.25) is 6.33 Å². The summed E-state index contributed by atoms with van der Waals surface area (Å²) in [5, 5.41) is 0. The van der Waals surface area contributed by atoms with Crippen molar-refractivity contribution in [2.75, 3.05) is 0 Å². The number of hydrogen-bond donors (Lipinski definition) is 0. The van der Waals surface area contributed by atoms with Gasteiger partial charge in [-0.3, -0.25) is 0 Å². The van der Waals surface area contributed by atoms with Gasteiger partial charge in [0, 0.05) is 38.7 Å². The largest absolute Gasteiger partial charge is 0.332 e. The first-order valence-electron chi connectivity index (χ1n) is 7.91. The minimum atomic E-state index is 1.04. The Balaban J connectivity index is 0.000000219. The highest BCUT2D eigenvalue weighted by atomic mass is 15.1. The molecule has 0 aromatic carbocycles. The molecule has 21 heavy (non-hydrogen) atoms. The summed E-state index contributed by atoms with van der Waals surface area (Å²) >= 11 is 0. The molecular formula is C17H31N4+. The van der Waals surface area contributed by atoms with Crippen molar-refractivity contribution in [3.63, 3.8) is 0 Å². The molecule has 0 saturated carbocycles. The molecule has 0 N–H and O–H groups in total. The minimum Gasteiger partial charge on any atom is -0.332 e. The summed E-state index contributed by atoms with van der Waals surface area (Å²) in [6, 6.07) is 0. The molecule has 0 aliphatic carbocycles. The summed E-state index contributed by atoms with van der Waals surface area (Å²) in [4.78, 5) is 4.35. The fraction of sp³-hybridized carbons (Fsp3) is 0.647. The maximum absolute atomic E-state index is 4.35. The number of aryl methyl sites for hydroxylation is 4. The number of rotatable bonds is 4. The van der Waals surface area contributed by atoms with Crippen LogP contribution in [0.15, 0.2) is 12.5 Å². The fourth-order valence-electron chi connectivity index (χ4n) is 2.36. The summed E-state index contributed by atoms with van der Waals surface area (Å²) in [6.07, 6.45) is 7.59. The van der Waals surface area contributed by atoms with Crippen LogP contribution in [0.1, 0.15) is 49.6 Å². The zero-order valence-corrected chi connectivity index (χ0v) is 14.8. The van der Waals surface area contributed by atoms with Crippen molar-refractivity contribution in [3.8, 4) is 0 Å². The lowest BCUT2D eigenvalue weighted by Crippen LogP contribution is -2.28. The van der Waals surface area contributed by atoms with E-state index < -0.39 is 0 Å². The van der Waals surface area contributed by atoms with Crippen LogP contribution >= 0.6 is 0 Å². The van der Waals surface area contributed by atoms with Crippen LogP contribution in [0.5, 0.6) is 0 Å². The van der Waals surface area contributed by atoms with E-state index in [1.165, 1.54) is 35.7 Å². The van der Waals surface area contributed by atoms with Gasteiger partial charge in [-0.15, -0.1) is 0 Å². The second-order valence-corrected chi connectivity index (χ2v) is 5.68. The molecule has 0 saturated heterocycles. The van der Waals surface area contributed by atoms with Crippen LogP contribution in [0, 0.1) is 20.8 Å². The molecule has 2 aromatic rings. The van der Waals surface area contributed by atoms with E-state index in [1.807, 2.05) is 6.20 Å². The molecule has 0 radical (unpaired) electrons. The van der Waals surface area contributed by atoms with E-state index in [9.17, 15) is 0 Å². The highest BCUT2D eigenvalue weighted by Crippen LogP contribution is 2.06. The first-order valence-corrected chi connectivity index (χ1v) is 7.91. The Kier molecular flexibility index (Phi) is 6.66. The molecule has 4 heteroatoms. The molecule has 0 bridgehead atoms. The molecule has 0 amide bonds. The monoisotopic (exact) mass is 291 g/mol. The highest BCUT2D eigenvalue weighted by molar-refractivity contribution is 5.03. The molecule has 0 aliphatic heterocycles. The van der Waals surface area contributed by atoms with Crippen LogP contribution in [-0.4, -0.2) is 14.1 Å². The van der Waals surface area contributed by atoms with Gasteiger partial charge in [0.25, 0.3) is 0 Å². The van der Waals surface area contributed by atoms with Crippen LogP contribution < -0.4 is 4.57 Å². The molecule has 0 spiro atoms. The van der Waals surface area contributed by atoms with Crippen molar-refractivity contribution in [3.05, 3.63) is 35.4 Å². The van der Waals surface area contributed by atoms with Gasteiger partial charge in [-0.05, 0) is 13.3 Å². The van der Waals surface area contributed by atoms with E-state index in [0.717, 1.165) is 13.0 Å². The van der Waals surface area contributed by atoms with Crippen LogP contribution in [-0.2, 0) is 27.1 Å². The Morgan fingerprint density at radius 3 is 2.24 bits per heavy atom. The molecule has 2 aromatic heterocycles. The second kappa shape index (κ2) is 8.01. The number of aromatic nitrogens is 4. The van der Waals surface area contributed by atoms with Crippen molar-refractivity contribution < 1.29 is 4.57 Å². The summed E-state index contributed by atoms with van der Waals surface area (Å²) in [5.41, 5.74) is 3.95. The summed E-state index contributed by atoms with van der Waals surface area (Å²) in [7, 11) is 4.12. The van der Waals surface area contributed by atoms with Crippen molar-refractivity contribution in [2.45, 2.75) is 60.4 Å². The summed E-state index contributed by atoms with van der Waals surface area (Å²) < 4.78 is 6.56. The zero-order chi connectivity index (χ0) is 16.0. The molecule has 0 fully saturated rings. The summed E-state index contributed by atoms with van der Waals surface area (Å²) in [5.74, 6) is 1.22. The third-order valence-corrected chi connectivity index (χ3v) is 4.12.